The number of ether oxygens (including phenoxy) is 1. The summed E-state index contributed by atoms with van der Waals surface area (Å²) in [4.78, 5) is 0. The molecule has 1 aromatic carbocycles. The molecule has 0 bridgehead atoms. The van der Waals surface area contributed by atoms with Crippen LogP contribution >= 0.6 is 0 Å². The topological polar surface area (TPSA) is 35.2 Å². The molecule has 1 unspecified atom stereocenters. The second kappa shape index (κ2) is 9.02. The molecule has 0 heterocycles. The van der Waals surface area contributed by atoms with Crippen LogP contribution in [0.3, 0.4) is 0 Å². The van der Waals surface area contributed by atoms with Gasteiger partial charge < -0.3 is 10.5 Å². The summed E-state index contributed by atoms with van der Waals surface area (Å²) in [6.45, 7) is 9.38. The van der Waals surface area contributed by atoms with Crippen LogP contribution in [0.1, 0.15) is 62.6 Å². The predicted octanol–water partition coefficient (Wildman–Crippen LogP) is 4.54. The molecule has 2 nitrogen and oxygen atoms in total. The summed E-state index contributed by atoms with van der Waals surface area (Å²) in [5.74, 6) is 1.06. The van der Waals surface area contributed by atoms with Gasteiger partial charge in [-0.1, -0.05) is 44.7 Å². The molecule has 0 aromatic heterocycles. The van der Waals surface area contributed by atoms with Gasteiger partial charge in [0.1, 0.15) is 5.75 Å². The Labute approximate surface area is 124 Å². The second-order valence-corrected chi connectivity index (χ2v) is 6.00. The molecule has 0 saturated heterocycles. The average molecular weight is 277 g/mol. The van der Waals surface area contributed by atoms with E-state index in [0.29, 0.717) is 0 Å². The molecule has 0 radical (unpaired) electrons. The Morgan fingerprint density at radius 2 is 1.65 bits per heavy atom. The van der Waals surface area contributed by atoms with Gasteiger partial charge in [-0.3, -0.25) is 0 Å². The third-order valence-corrected chi connectivity index (χ3v) is 3.57. The van der Waals surface area contributed by atoms with Crippen LogP contribution in [-0.4, -0.2) is 12.6 Å². The SMILES string of the molecule is CCCCCCCOc1c(C)cc(CC(C)N)cc1C. The first-order valence-electron chi connectivity index (χ1n) is 8.03. The van der Waals surface area contributed by atoms with Crippen molar-refractivity contribution in [1.82, 2.24) is 0 Å². The van der Waals surface area contributed by atoms with Gasteiger partial charge in [-0.05, 0) is 50.3 Å². The Morgan fingerprint density at radius 3 is 2.20 bits per heavy atom. The molecule has 1 atom stereocenters. The Morgan fingerprint density at radius 1 is 1.05 bits per heavy atom. The number of benzene rings is 1. The molecule has 0 aliphatic heterocycles. The first-order chi connectivity index (χ1) is 9.54. The third-order valence-electron chi connectivity index (χ3n) is 3.57. The first kappa shape index (κ1) is 17.0. The molecule has 0 amide bonds. The van der Waals surface area contributed by atoms with Gasteiger partial charge in [0.2, 0.25) is 0 Å². The van der Waals surface area contributed by atoms with Gasteiger partial charge in [-0.25, -0.2) is 0 Å². The Bertz CT molecular complexity index is 375. The van der Waals surface area contributed by atoms with Crippen LogP contribution in [0.15, 0.2) is 12.1 Å². The second-order valence-electron chi connectivity index (χ2n) is 6.00. The van der Waals surface area contributed by atoms with Crippen LogP contribution in [0.25, 0.3) is 0 Å². The van der Waals surface area contributed by atoms with Crippen molar-refractivity contribution in [3.63, 3.8) is 0 Å². The zero-order valence-electron chi connectivity index (χ0n) is 13.7. The third kappa shape index (κ3) is 5.96. The molecular formula is C18H31NO. The fourth-order valence-corrected chi connectivity index (χ4v) is 2.64. The molecule has 2 N–H and O–H groups in total. The molecular weight excluding hydrogens is 246 g/mol. The lowest BCUT2D eigenvalue weighted by Crippen LogP contribution is -2.18. The predicted molar refractivity (Wildman–Crippen MR) is 87.5 cm³/mol. The minimum absolute atomic E-state index is 0.208. The number of unbranched alkanes of at least 4 members (excludes halogenated alkanes) is 4. The summed E-state index contributed by atoms with van der Waals surface area (Å²) in [7, 11) is 0. The van der Waals surface area contributed by atoms with E-state index in [1.807, 2.05) is 6.92 Å². The van der Waals surface area contributed by atoms with E-state index < -0.39 is 0 Å². The summed E-state index contributed by atoms with van der Waals surface area (Å²) >= 11 is 0. The molecule has 0 fully saturated rings. The zero-order chi connectivity index (χ0) is 15.0. The molecule has 2 heteroatoms. The van der Waals surface area contributed by atoms with Crippen molar-refractivity contribution >= 4 is 0 Å². The summed E-state index contributed by atoms with van der Waals surface area (Å²) in [6, 6.07) is 4.63. The Balaban J connectivity index is 2.49. The van der Waals surface area contributed by atoms with Gasteiger partial charge in [-0.15, -0.1) is 0 Å². The molecule has 114 valence electrons. The lowest BCUT2D eigenvalue weighted by Gasteiger charge is -2.15. The standard InChI is InChI=1S/C18H31NO/c1-5-6-7-8-9-10-20-18-14(2)11-17(12-15(18)3)13-16(4)19/h11-12,16H,5-10,13,19H2,1-4H3. The maximum Gasteiger partial charge on any atom is 0.125 e. The summed E-state index contributed by atoms with van der Waals surface area (Å²) < 4.78 is 5.98. The van der Waals surface area contributed by atoms with E-state index in [4.69, 9.17) is 10.5 Å². The molecule has 1 aromatic rings. The quantitative estimate of drug-likeness (QED) is 0.672. The van der Waals surface area contributed by atoms with Crippen molar-refractivity contribution < 1.29 is 4.74 Å². The maximum atomic E-state index is 5.98. The van der Waals surface area contributed by atoms with Gasteiger partial charge in [0.25, 0.3) is 0 Å². The number of nitrogens with two attached hydrogens (primary N) is 1. The highest BCUT2D eigenvalue weighted by Crippen LogP contribution is 2.25. The number of hydrogen-bond donors (Lipinski definition) is 1. The van der Waals surface area contributed by atoms with E-state index in [1.54, 1.807) is 0 Å². The summed E-state index contributed by atoms with van der Waals surface area (Å²) in [5.41, 5.74) is 9.64. The number of hydrogen-bond acceptors (Lipinski definition) is 2. The van der Waals surface area contributed by atoms with Crippen molar-refractivity contribution in [1.29, 1.82) is 0 Å². The smallest absolute Gasteiger partial charge is 0.125 e. The lowest BCUT2D eigenvalue weighted by atomic mass is 10.0. The molecule has 0 aliphatic rings. The molecule has 0 spiro atoms. The van der Waals surface area contributed by atoms with Gasteiger partial charge in [0.15, 0.2) is 0 Å². The van der Waals surface area contributed by atoms with E-state index in [1.165, 1.54) is 42.4 Å². The van der Waals surface area contributed by atoms with Gasteiger partial charge in [0.05, 0.1) is 6.61 Å². The number of aryl methyl sites for hydroxylation is 2. The average Bonchev–Trinajstić information content (AvgIpc) is 2.35. The van der Waals surface area contributed by atoms with E-state index in [9.17, 15) is 0 Å². The van der Waals surface area contributed by atoms with Crippen molar-refractivity contribution in [2.75, 3.05) is 6.61 Å². The fraction of sp³-hybridized carbons (Fsp3) is 0.667. The highest BCUT2D eigenvalue weighted by molar-refractivity contribution is 5.43. The summed E-state index contributed by atoms with van der Waals surface area (Å²) in [6.07, 6.45) is 7.31. The van der Waals surface area contributed by atoms with E-state index in [0.717, 1.165) is 25.2 Å². The Kier molecular flexibility index (Phi) is 7.68. The fourth-order valence-electron chi connectivity index (χ4n) is 2.64. The minimum atomic E-state index is 0.208. The Hall–Kier alpha value is -1.02. The minimum Gasteiger partial charge on any atom is -0.493 e. The highest BCUT2D eigenvalue weighted by atomic mass is 16.5. The largest absolute Gasteiger partial charge is 0.493 e. The van der Waals surface area contributed by atoms with E-state index >= 15 is 0 Å². The van der Waals surface area contributed by atoms with Crippen molar-refractivity contribution in [2.45, 2.75) is 72.3 Å². The molecule has 0 aliphatic carbocycles. The first-order valence-corrected chi connectivity index (χ1v) is 8.03. The van der Waals surface area contributed by atoms with Crippen LogP contribution in [0.5, 0.6) is 5.75 Å². The van der Waals surface area contributed by atoms with Crippen LogP contribution in [0, 0.1) is 13.8 Å². The zero-order valence-corrected chi connectivity index (χ0v) is 13.7. The van der Waals surface area contributed by atoms with Crippen LogP contribution in [0.4, 0.5) is 0 Å². The van der Waals surface area contributed by atoms with E-state index in [2.05, 4.69) is 32.9 Å². The number of rotatable bonds is 9. The lowest BCUT2D eigenvalue weighted by molar-refractivity contribution is 0.300. The van der Waals surface area contributed by atoms with E-state index in [-0.39, 0.29) is 6.04 Å². The van der Waals surface area contributed by atoms with Crippen LogP contribution < -0.4 is 10.5 Å². The van der Waals surface area contributed by atoms with Gasteiger partial charge in [-0.2, -0.15) is 0 Å². The molecule has 1 rings (SSSR count). The van der Waals surface area contributed by atoms with Crippen LogP contribution in [0.2, 0.25) is 0 Å². The monoisotopic (exact) mass is 277 g/mol. The van der Waals surface area contributed by atoms with Gasteiger partial charge in [0, 0.05) is 6.04 Å². The maximum absolute atomic E-state index is 5.98. The normalized spacial score (nSPS) is 12.4. The van der Waals surface area contributed by atoms with Crippen molar-refractivity contribution in [2.24, 2.45) is 5.73 Å². The van der Waals surface area contributed by atoms with Crippen molar-refractivity contribution in [3.05, 3.63) is 28.8 Å². The van der Waals surface area contributed by atoms with Crippen LogP contribution in [-0.2, 0) is 6.42 Å². The molecule has 20 heavy (non-hydrogen) atoms. The molecule has 0 saturated carbocycles. The van der Waals surface area contributed by atoms with Gasteiger partial charge >= 0.3 is 0 Å². The highest BCUT2D eigenvalue weighted by Gasteiger charge is 2.07. The van der Waals surface area contributed by atoms with Crippen molar-refractivity contribution in [3.8, 4) is 5.75 Å². The summed E-state index contributed by atoms with van der Waals surface area (Å²) in [5, 5.41) is 0.